The number of sulfone groups is 1. The van der Waals surface area contributed by atoms with E-state index in [4.69, 9.17) is 0 Å². The van der Waals surface area contributed by atoms with Crippen molar-refractivity contribution in [3.8, 4) is 0 Å². The number of hydrogen-bond acceptors (Lipinski definition) is 7. The first kappa shape index (κ1) is 21.7. The summed E-state index contributed by atoms with van der Waals surface area (Å²) in [6.45, 7) is 3.58. The molecule has 1 fully saturated rings. The molecule has 1 amide bonds. The molecule has 166 valence electrons. The van der Waals surface area contributed by atoms with Crippen LogP contribution in [0.3, 0.4) is 0 Å². The standard InChI is InChI=1S/C19H23N5O5S2/c1-12-19(30(2,26)27)23-16(21-12)11-13-17-14(22-18(13)25)5-3-6-15(17)31(28,29)24-9-4-7-20-8-10-24/h3,5-6,11,20H,4,7-10H2,1-2H3,(H,21,23)(H,22,25)/b13-11-. The molecule has 2 aliphatic heterocycles. The Kier molecular flexibility index (Phi) is 5.50. The monoisotopic (exact) mass is 465 g/mol. The van der Waals surface area contributed by atoms with E-state index in [0.29, 0.717) is 37.4 Å². The zero-order chi connectivity index (χ0) is 22.4. The maximum Gasteiger partial charge on any atom is 0.256 e. The molecule has 3 N–H and O–H groups in total. The van der Waals surface area contributed by atoms with Crippen molar-refractivity contribution < 1.29 is 21.6 Å². The van der Waals surface area contributed by atoms with Crippen LogP contribution in [-0.4, -0.2) is 69.5 Å². The second kappa shape index (κ2) is 7.86. The summed E-state index contributed by atoms with van der Waals surface area (Å²) in [5, 5.41) is 5.75. The molecule has 0 radical (unpaired) electrons. The van der Waals surface area contributed by atoms with Crippen LogP contribution in [0.15, 0.2) is 28.1 Å². The van der Waals surface area contributed by atoms with E-state index in [1.807, 2.05) is 0 Å². The number of aryl methyl sites for hydroxylation is 1. The number of benzene rings is 1. The van der Waals surface area contributed by atoms with Crippen LogP contribution >= 0.6 is 0 Å². The molecule has 1 saturated heterocycles. The Balaban J connectivity index is 1.83. The summed E-state index contributed by atoms with van der Waals surface area (Å²) in [5.41, 5.74) is 1.10. The third-order valence-corrected chi connectivity index (χ3v) is 8.24. The maximum atomic E-state index is 13.4. The molecule has 0 bridgehead atoms. The highest BCUT2D eigenvalue weighted by atomic mass is 32.2. The number of nitrogens with zero attached hydrogens (tertiary/aromatic N) is 2. The molecule has 3 heterocycles. The number of rotatable bonds is 4. The lowest BCUT2D eigenvalue weighted by molar-refractivity contribution is -0.110. The van der Waals surface area contributed by atoms with Crippen LogP contribution < -0.4 is 10.6 Å². The smallest absolute Gasteiger partial charge is 0.256 e. The van der Waals surface area contributed by atoms with E-state index in [1.165, 1.54) is 16.4 Å². The summed E-state index contributed by atoms with van der Waals surface area (Å²) in [5.74, 6) is -0.327. The van der Waals surface area contributed by atoms with E-state index >= 15 is 0 Å². The highest BCUT2D eigenvalue weighted by molar-refractivity contribution is 7.90. The largest absolute Gasteiger partial charge is 0.341 e. The van der Waals surface area contributed by atoms with Crippen LogP contribution in [0.5, 0.6) is 0 Å². The molecule has 1 aromatic heterocycles. The Morgan fingerprint density at radius 3 is 2.61 bits per heavy atom. The second-order valence-electron chi connectivity index (χ2n) is 7.52. The molecular formula is C19H23N5O5S2. The first-order valence-corrected chi connectivity index (χ1v) is 13.1. The number of aromatic nitrogens is 2. The third-order valence-electron chi connectivity index (χ3n) is 5.20. The number of carbonyl (C=O) groups is 1. The van der Waals surface area contributed by atoms with Crippen LogP contribution in [0.25, 0.3) is 11.6 Å². The number of aromatic amines is 1. The first-order valence-electron chi connectivity index (χ1n) is 9.73. The minimum Gasteiger partial charge on any atom is -0.341 e. The number of sulfonamides is 1. The molecular weight excluding hydrogens is 442 g/mol. The lowest BCUT2D eigenvalue weighted by Crippen LogP contribution is -2.34. The second-order valence-corrected chi connectivity index (χ2v) is 11.4. The van der Waals surface area contributed by atoms with Crippen molar-refractivity contribution in [3.63, 3.8) is 0 Å². The Hall–Kier alpha value is -2.54. The SMILES string of the molecule is Cc1[nH]c(/C=C2\C(=O)Nc3cccc(S(=O)(=O)N4CCCNCC4)c32)nc1S(C)(=O)=O. The number of carbonyl (C=O) groups excluding carboxylic acids is 1. The number of anilines is 1. The van der Waals surface area contributed by atoms with Crippen LogP contribution in [-0.2, 0) is 24.7 Å². The lowest BCUT2D eigenvalue weighted by atomic mass is 10.1. The van der Waals surface area contributed by atoms with Crippen molar-refractivity contribution in [1.82, 2.24) is 19.6 Å². The summed E-state index contributed by atoms with van der Waals surface area (Å²) in [6, 6.07) is 4.70. The predicted octanol–water partition coefficient (Wildman–Crippen LogP) is 0.598. The van der Waals surface area contributed by atoms with E-state index < -0.39 is 25.8 Å². The van der Waals surface area contributed by atoms with Crippen molar-refractivity contribution in [1.29, 1.82) is 0 Å². The molecule has 2 aromatic rings. The zero-order valence-corrected chi connectivity index (χ0v) is 18.7. The summed E-state index contributed by atoms with van der Waals surface area (Å²) < 4.78 is 52.0. The fourth-order valence-corrected chi connectivity index (χ4v) is 6.38. The summed E-state index contributed by atoms with van der Waals surface area (Å²) in [7, 11) is -7.40. The predicted molar refractivity (Wildman–Crippen MR) is 116 cm³/mol. The van der Waals surface area contributed by atoms with Gasteiger partial charge in [-0.25, -0.2) is 21.8 Å². The number of hydrogen-bond donors (Lipinski definition) is 3. The van der Waals surface area contributed by atoms with Gasteiger partial charge in [-0.15, -0.1) is 0 Å². The van der Waals surface area contributed by atoms with Crippen molar-refractivity contribution in [3.05, 3.63) is 35.3 Å². The summed E-state index contributed by atoms with van der Waals surface area (Å²) in [6.07, 6.45) is 3.12. The molecule has 4 rings (SSSR count). The van der Waals surface area contributed by atoms with E-state index in [2.05, 4.69) is 20.6 Å². The highest BCUT2D eigenvalue weighted by Crippen LogP contribution is 2.38. The number of amides is 1. The van der Waals surface area contributed by atoms with Gasteiger partial charge >= 0.3 is 0 Å². The number of H-pyrrole nitrogens is 1. The number of nitrogens with one attached hydrogen (secondary N) is 3. The molecule has 31 heavy (non-hydrogen) atoms. The van der Waals surface area contributed by atoms with Gasteiger partial charge in [0.15, 0.2) is 14.9 Å². The van der Waals surface area contributed by atoms with Crippen molar-refractivity contribution in [2.45, 2.75) is 23.3 Å². The Bertz CT molecular complexity index is 1290. The van der Waals surface area contributed by atoms with Gasteiger partial charge in [0.2, 0.25) is 10.0 Å². The quantitative estimate of drug-likeness (QED) is 0.561. The average molecular weight is 466 g/mol. The Morgan fingerprint density at radius 1 is 1.13 bits per heavy atom. The minimum absolute atomic E-state index is 0.0307. The zero-order valence-electron chi connectivity index (χ0n) is 17.1. The fraction of sp³-hybridized carbons (Fsp3) is 0.368. The minimum atomic E-state index is -3.85. The summed E-state index contributed by atoms with van der Waals surface area (Å²) in [4.78, 5) is 19.6. The van der Waals surface area contributed by atoms with Gasteiger partial charge in [0, 0.05) is 31.5 Å². The molecule has 0 unspecified atom stereocenters. The van der Waals surface area contributed by atoms with Crippen LogP contribution in [0.1, 0.15) is 23.5 Å². The Labute approximate surface area is 180 Å². The van der Waals surface area contributed by atoms with Gasteiger partial charge in [-0.2, -0.15) is 4.31 Å². The lowest BCUT2D eigenvalue weighted by Gasteiger charge is -2.21. The van der Waals surface area contributed by atoms with E-state index in [-0.39, 0.29) is 26.9 Å². The molecule has 0 spiro atoms. The van der Waals surface area contributed by atoms with Gasteiger partial charge < -0.3 is 15.6 Å². The Morgan fingerprint density at radius 2 is 1.90 bits per heavy atom. The molecule has 0 saturated carbocycles. The molecule has 0 atom stereocenters. The highest BCUT2D eigenvalue weighted by Gasteiger charge is 2.35. The third kappa shape index (κ3) is 4.03. The van der Waals surface area contributed by atoms with Gasteiger partial charge in [0.1, 0.15) is 5.82 Å². The van der Waals surface area contributed by atoms with Crippen LogP contribution in [0, 0.1) is 6.92 Å². The fourth-order valence-electron chi connectivity index (χ4n) is 3.80. The maximum absolute atomic E-state index is 13.4. The van der Waals surface area contributed by atoms with Gasteiger partial charge in [-0.05, 0) is 38.1 Å². The van der Waals surface area contributed by atoms with Crippen LogP contribution in [0.2, 0.25) is 0 Å². The number of fused-ring (bicyclic) bond motifs is 1. The topological polar surface area (TPSA) is 141 Å². The van der Waals surface area contributed by atoms with Gasteiger partial charge in [0.25, 0.3) is 5.91 Å². The van der Waals surface area contributed by atoms with E-state index in [1.54, 1.807) is 19.1 Å². The van der Waals surface area contributed by atoms with Crippen molar-refractivity contribution >= 4 is 43.1 Å². The molecule has 0 aliphatic carbocycles. The molecule has 2 aliphatic rings. The summed E-state index contributed by atoms with van der Waals surface area (Å²) >= 11 is 0. The van der Waals surface area contributed by atoms with Crippen molar-refractivity contribution in [2.24, 2.45) is 0 Å². The average Bonchev–Trinajstić information content (AvgIpc) is 3.07. The first-order chi connectivity index (χ1) is 14.6. The molecule has 10 nitrogen and oxygen atoms in total. The van der Waals surface area contributed by atoms with Crippen molar-refractivity contribution in [2.75, 3.05) is 37.8 Å². The molecule has 12 heteroatoms. The van der Waals surface area contributed by atoms with E-state index in [9.17, 15) is 21.6 Å². The van der Waals surface area contributed by atoms with Crippen LogP contribution in [0.4, 0.5) is 5.69 Å². The normalized spacial score (nSPS) is 19.3. The van der Waals surface area contributed by atoms with Gasteiger partial charge in [0.05, 0.1) is 21.8 Å². The van der Waals surface area contributed by atoms with E-state index in [0.717, 1.165) is 12.8 Å². The molecule has 1 aromatic carbocycles. The van der Waals surface area contributed by atoms with Gasteiger partial charge in [-0.1, -0.05) is 6.07 Å². The van der Waals surface area contributed by atoms with Gasteiger partial charge in [-0.3, -0.25) is 4.79 Å². The number of imidazole rings is 1.